The van der Waals surface area contributed by atoms with Gasteiger partial charge in [0.05, 0.1) is 30.9 Å². The summed E-state index contributed by atoms with van der Waals surface area (Å²) in [7, 11) is 0. The fraction of sp³-hybridized carbons (Fsp3) is 0.348. The van der Waals surface area contributed by atoms with Crippen molar-refractivity contribution in [3.05, 3.63) is 58.3 Å². The molecular weight excluding hydrogens is 370 g/mol. The highest BCUT2D eigenvalue weighted by atomic mass is 16.5. The Labute approximate surface area is 170 Å². The topological polar surface area (TPSA) is 68.2 Å². The number of nitrogens with zero attached hydrogens (tertiary/aromatic N) is 1. The largest absolute Gasteiger partial charge is 0.507 e. The molecule has 1 N–H and O–H groups in total. The Morgan fingerprint density at radius 2 is 2.00 bits per heavy atom. The first-order valence-corrected chi connectivity index (χ1v) is 9.90. The number of allylic oxidation sites excluding steroid dienone is 1. The van der Waals surface area contributed by atoms with Crippen LogP contribution >= 0.6 is 0 Å². The van der Waals surface area contributed by atoms with E-state index in [9.17, 15) is 9.90 Å². The third kappa shape index (κ3) is 3.86. The van der Waals surface area contributed by atoms with Crippen molar-refractivity contribution in [2.75, 3.05) is 32.9 Å². The number of ether oxygens (including phenoxy) is 3. The monoisotopic (exact) mass is 395 g/mol. The summed E-state index contributed by atoms with van der Waals surface area (Å²) in [5.74, 6) is 1.37. The molecule has 152 valence electrons. The van der Waals surface area contributed by atoms with Crippen molar-refractivity contribution in [1.82, 2.24) is 4.90 Å². The number of phenolic OH excluding ortho intramolecular Hbond substituents is 1. The van der Waals surface area contributed by atoms with E-state index in [0.29, 0.717) is 54.6 Å². The number of aryl methyl sites for hydroxylation is 1. The van der Waals surface area contributed by atoms with E-state index in [-0.39, 0.29) is 17.3 Å². The minimum Gasteiger partial charge on any atom is -0.507 e. The Bertz CT molecular complexity index is 960. The van der Waals surface area contributed by atoms with E-state index in [0.717, 1.165) is 18.7 Å². The normalized spacial score (nSPS) is 18.0. The second-order valence-electron chi connectivity index (χ2n) is 7.19. The van der Waals surface area contributed by atoms with Crippen molar-refractivity contribution >= 4 is 11.9 Å². The van der Waals surface area contributed by atoms with Gasteiger partial charge in [0, 0.05) is 25.2 Å². The summed E-state index contributed by atoms with van der Waals surface area (Å²) in [4.78, 5) is 15.3. The van der Waals surface area contributed by atoms with Gasteiger partial charge < -0.3 is 19.3 Å². The van der Waals surface area contributed by atoms with E-state index in [1.165, 1.54) is 0 Å². The van der Waals surface area contributed by atoms with E-state index in [2.05, 4.69) is 4.90 Å². The highest BCUT2D eigenvalue weighted by molar-refractivity contribution is 6.16. The predicted molar refractivity (Wildman–Crippen MR) is 109 cm³/mol. The Morgan fingerprint density at radius 3 is 2.76 bits per heavy atom. The van der Waals surface area contributed by atoms with Crippen LogP contribution in [0, 0.1) is 6.92 Å². The van der Waals surface area contributed by atoms with Crippen LogP contribution in [-0.4, -0.2) is 48.7 Å². The molecule has 2 aromatic rings. The molecule has 0 unspecified atom stereocenters. The molecule has 0 saturated carbocycles. The molecule has 0 radical (unpaired) electrons. The molecule has 2 aliphatic rings. The molecule has 0 amide bonds. The number of carbonyl (C=O) groups excluding carboxylic acids is 1. The summed E-state index contributed by atoms with van der Waals surface area (Å²) in [5, 5.41) is 10.6. The maximum absolute atomic E-state index is 13.1. The molecule has 2 heterocycles. The van der Waals surface area contributed by atoms with Crippen molar-refractivity contribution in [2.24, 2.45) is 0 Å². The van der Waals surface area contributed by atoms with Gasteiger partial charge in [-0.15, -0.1) is 0 Å². The summed E-state index contributed by atoms with van der Waals surface area (Å²) in [5.41, 5.74) is 2.64. The van der Waals surface area contributed by atoms with E-state index >= 15 is 0 Å². The highest BCUT2D eigenvalue weighted by Crippen LogP contribution is 2.42. The SMILES string of the molecule is CCOc1ccccc1/C=C1\Oc2c(CN3CCOCC3)c(O)cc(C)c2C1=O. The number of carbonyl (C=O) groups is 1. The summed E-state index contributed by atoms with van der Waals surface area (Å²) in [6.45, 7) is 7.65. The fourth-order valence-corrected chi connectivity index (χ4v) is 3.74. The standard InChI is InChI=1S/C23H25NO5/c1-3-28-19-7-5-4-6-16(19)13-20-22(26)21-15(2)12-18(25)17(23(21)29-20)14-24-8-10-27-11-9-24/h4-7,12-13,25H,3,8-11,14H2,1-2H3/b20-13-. The molecule has 0 spiro atoms. The molecule has 6 heteroatoms. The Kier molecular flexibility index (Phi) is 5.56. The summed E-state index contributed by atoms with van der Waals surface area (Å²) >= 11 is 0. The number of Topliss-reactive ketones (excluding diaryl/α,β-unsaturated/α-hetero) is 1. The number of hydrogen-bond acceptors (Lipinski definition) is 6. The van der Waals surface area contributed by atoms with Crippen LogP contribution < -0.4 is 9.47 Å². The molecule has 0 atom stereocenters. The number of ketones is 1. The van der Waals surface area contributed by atoms with Gasteiger partial charge in [-0.05, 0) is 37.6 Å². The van der Waals surface area contributed by atoms with Crippen LogP contribution in [0.1, 0.15) is 34.0 Å². The van der Waals surface area contributed by atoms with Crippen molar-refractivity contribution < 1.29 is 24.1 Å². The molecule has 29 heavy (non-hydrogen) atoms. The van der Waals surface area contributed by atoms with Crippen molar-refractivity contribution in [2.45, 2.75) is 20.4 Å². The summed E-state index contributed by atoms with van der Waals surface area (Å²) in [6.07, 6.45) is 1.71. The predicted octanol–water partition coefficient (Wildman–Crippen LogP) is 3.55. The second-order valence-corrected chi connectivity index (χ2v) is 7.19. The molecule has 4 rings (SSSR count). The van der Waals surface area contributed by atoms with Crippen molar-refractivity contribution in [3.63, 3.8) is 0 Å². The van der Waals surface area contributed by atoms with Gasteiger partial charge in [-0.25, -0.2) is 0 Å². The average molecular weight is 395 g/mol. The zero-order valence-electron chi connectivity index (χ0n) is 16.7. The third-order valence-corrected chi connectivity index (χ3v) is 5.21. The lowest BCUT2D eigenvalue weighted by molar-refractivity contribution is 0.0336. The average Bonchev–Trinajstić information content (AvgIpc) is 3.04. The van der Waals surface area contributed by atoms with Crippen LogP contribution in [0.3, 0.4) is 0 Å². The zero-order chi connectivity index (χ0) is 20.4. The van der Waals surface area contributed by atoms with Gasteiger partial charge in [-0.3, -0.25) is 9.69 Å². The fourth-order valence-electron chi connectivity index (χ4n) is 3.74. The lowest BCUT2D eigenvalue weighted by Crippen LogP contribution is -2.35. The molecular formula is C23H25NO5. The highest BCUT2D eigenvalue weighted by Gasteiger charge is 2.34. The van der Waals surface area contributed by atoms with Crippen LogP contribution in [-0.2, 0) is 11.3 Å². The van der Waals surface area contributed by atoms with Gasteiger partial charge >= 0.3 is 0 Å². The molecule has 1 saturated heterocycles. The van der Waals surface area contributed by atoms with Crippen LogP contribution in [0.2, 0.25) is 0 Å². The van der Waals surface area contributed by atoms with Crippen LogP contribution in [0.4, 0.5) is 0 Å². The van der Waals surface area contributed by atoms with E-state index < -0.39 is 0 Å². The minimum atomic E-state index is -0.174. The number of phenols is 1. The Balaban J connectivity index is 1.70. The van der Waals surface area contributed by atoms with E-state index in [4.69, 9.17) is 14.2 Å². The Hall–Kier alpha value is -2.83. The van der Waals surface area contributed by atoms with Gasteiger partial charge in [-0.1, -0.05) is 18.2 Å². The molecule has 0 aliphatic carbocycles. The van der Waals surface area contributed by atoms with Crippen LogP contribution in [0.25, 0.3) is 6.08 Å². The van der Waals surface area contributed by atoms with E-state index in [1.807, 2.05) is 38.1 Å². The molecule has 0 aromatic heterocycles. The van der Waals surface area contributed by atoms with Crippen LogP contribution in [0.15, 0.2) is 36.1 Å². The summed E-state index contributed by atoms with van der Waals surface area (Å²) < 4.78 is 17.1. The number of aromatic hydroxyl groups is 1. The van der Waals surface area contributed by atoms with Crippen molar-refractivity contribution in [3.8, 4) is 17.2 Å². The number of rotatable bonds is 5. The van der Waals surface area contributed by atoms with Gasteiger partial charge in [0.1, 0.15) is 17.2 Å². The first kappa shape index (κ1) is 19.5. The lowest BCUT2D eigenvalue weighted by atomic mass is 9.99. The maximum Gasteiger partial charge on any atom is 0.232 e. The minimum absolute atomic E-state index is 0.150. The van der Waals surface area contributed by atoms with Crippen LogP contribution in [0.5, 0.6) is 17.2 Å². The van der Waals surface area contributed by atoms with E-state index in [1.54, 1.807) is 12.1 Å². The first-order valence-electron chi connectivity index (χ1n) is 9.90. The number of morpholine rings is 1. The molecule has 0 bridgehead atoms. The number of benzene rings is 2. The quantitative estimate of drug-likeness (QED) is 0.781. The summed E-state index contributed by atoms with van der Waals surface area (Å²) in [6, 6.07) is 9.18. The molecule has 2 aromatic carbocycles. The number of fused-ring (bicyclic) bond motifs is 1. The molecule has 2 aliphatic heterocycles. The first-order chi connectivity index (χ1) is 14.1. The maximum atomic E-state index is 13.1. The van der Waals surface area contributed by atoms with Gasteiger partial charge in [0.25, 0.3) is 0 Å². The number of para-hydroxylation sites is 1. The van der Waals surface area contributed by atoms with Crippen molar-refractivity contribution in [1.29, 1.82) is 0 Å². The zero-order valence-corrected chi connectivity index (χ0v) is 16.7. The van der Waals surface area contributed by atoms with Gasteiger partial charge in [0.2, 0.25) is 5.78 Å². The van der Waals surface area contributed by atoms with Gasteiger partial charge in [0.15, 0.2) is 5.76 Å². The smallest absolute Gasteiger partial charge is 0.232 e. The second kappa shape index (κ2) is 8.27. The van der Waals surface area contributed by atoms with Gasteiger partial charge in [-0.2, -0.15) is 0 Å². The molecule has 1 fully saturated rings. The Morgan fingerprint density at radius 1 is 1.24 bits per heavy atom. The lowest BCUT2D eigenvalue weighted by Gasteiger charge is -2.27. The third-order valence-electron chi connectivity index (χ3n) is 5.21. The number of hydrogen-bond donors (Lipinski definition) is 1. The molecule has 6 nitrogen and oxygen atoms in total.